The lowest BCUT2D eigenvalue weighted by atomic mass is 10.0. The highest BCUT2D eigenvalue weighted by Gasteiger charge is 2.13. The molecular formula is C16H9N5O4. The van der Waals surface area contributed by atoms with Crippen molar-refractivity contribution >= 4 is 11.7 Å². The van der Waals surface area contributed by atoms with E-state index in [0.29, 0.717) is 11.1 Å². The largest absolute Gasteiger partial charge is 0.478 e. The quantitative estimate of drug-likeness (QED) is 0.571. The average molecular weight is 335 g/mol. The molecule has 0 unspecified atom stereocenters. The van der Waals surface area contributed by atoms with Gasteiger partial charge in [-0.05, 0) is 5.56 Å². The molecule has 1 aromatic carbocycles. The van der Waals surface area contributed by atoms with Crippen molar-refractivity contribution in [2.75, 3.05) is 0 Å². The lowest BCUT2D eigenvalue weighted by molar-refractivity contribution is -0.384. The van der Waals surface area contributed by atoms with Gasteiger partial charge in [0, 0.05) is 36.2 Å². The molecule has 0 radical (unpaired) electrons. The van der Waals surface area contributed by atoms with Crippen molar-refractivity contribution in [3.05, 3.63) is 70.2 Å². The number of carboxylic acid groups (broad SMARTS) is 1. The number of nitriles is 1. The SMILES string of the molecule is N#Cc1cc(-n2cc(C(=O)O)cn2)ncc1-c1cccc([N+](=O)[O-])c1. The first-order valence-corrected chi connectivity index (χ1v) is 6.93. The van der Waals surface area contributed by atoms with E-state index >= 15 is 0 Å². The van der Waals surface area contributed by atoms with E-state index in [1.165, 1.54) is 47.5 Å². The molecule has 0 aliphatic carbocycles. The Morgan fingerprint density at radius 3 is 2.76 bits per heavy atom. The molecule has 9 nitrogen and oxygen atoms in total. The lowest BCUT2D eigenvalue weighted by Gasteiger charge is -2.06. The maximum absolute atomic E-state index is 10.9. The summed E-state index contributed by atoms with van der Waals surface area (Å²) in [6, 6.07) is 9.33. The van der Waals surface area contributed by atoms with Gasteiger partial charge in [-0.3, -0.25) is 10.1 Å². The molecule has 0 fully saturated rings. The van der Waals surface area contributed by atoms with Gasteiger partial charge in [0.2, 0.25) is 0 Å². The fraction of sp³-hybridized carbons (Fsp3) is 0. The number of nitro benzene ring substituents is 1. The van der Waals surface area contributed by atoms with Crippen LogP contribution in [0.4, 0.5) is 5.69 Å². The minimum atomic E-state index is -1.13. The fourth-order valence-electron chi connectivity index (χ4n) is 2.24. The summed E-state index contributed by atoms with van der Waals surface area (Å²) in [7, 11) is 0. The van der Waals surface area contributed by atoms with Gasteiger partial charge in [-0.15, -0.1) is 0 Å². The van der Waals surface area contributed by atoms with E-state index in [0.717, 1.165) is 0 Å². The lowest BCUT2D eigenvalue weighted by Crippen LogP contribution is -2.00. The number of hydrogen-bond donors (Lipinski definition) is 1. The van der Waals surface area contributed by atoms with Crippen molar-refractivity contribution in [2.45, 2.75) is 0 Å². The third-order valence-electron chi connectivity index (χ3n) is 3.44. The molecule has 0 bridgehead atoms. The van der Waals surface area contributed by atoms with Crippen LogP contribution in [0.1, 0.15) is 15.9 Å². The van der Waals surface area contributed by atoms with Gasteiger partial charge in [0.05, 0.1) is 28.3 Å². The monoisotopic (exact) mass is 335 g/mol. The first-order chi connectivity index (χ1) is 12.0. The highest BCUT2D eigenvalue weighted by atomic mass is 16.6. The van der Waals surface area contributed by atoms with Gasteiger partial charge in [-0.1, -0.05) is 12.1 Å². The van der Waals surface area contributed by atoms with Crippen molar-refractivity contribution in [2.24, 2.45) is 0 Å². The molecule has 0 amide bonds. The fourth-order valence-corrected chi connectivity index (χ4v) is 2.24. The molecular weight excluding hydrogens is 326 g/mol. The van der Waals surface area contributed by atoms with Gasteiger partial charge in [0.1, 0.15) is 0 Å². The Kier molecular flexibility index (Phi) is 3.93. The molecule has 2 heterocycles. The first kappa shape index (κ1) is 15.8. The Morgan fingerprint density at radius 1 is 1.32 bits per heavy atom. The summed E-state index contributed by atoms with van der Waals surface area (Å²) in [5, 5.41) is 33.1. The Morgan fingerprint density at radius 2 is 2.12 bits per heavy atom. The van der Waals surface area contributed by atoms with Crippen LogP contribution in [0.2, 0.25) is 0 Å². The molecule has 0 spiro atoms. The maximum Gasteiger partial charge on any atom is 0.338 e. The number of nitrogens with zero attached hydrogens (tertiary/aromatic N) is 5. The summed E-state index contributed by atoms with van der Waals surface area (Å²) in [5.74, 6) is -0.863. The van der Waals surface area contributed by atoms with Gasteiger partial charge in [0.25, 0.3) is 5.69 Å². The van der Waals surface area contributed by atoms with Crippen molar-refractivity contribution < 1.29 is 14.8 Å². The zero-order valence-electron chi connectivity index (χ0n) is 12.5. The van der Waals surface area contributed by atoms with E-state index in [1.807, 2.05) is 6.07 Å². The third kappa shape index (κ3) is 3.04. The summed E-state index contributed by atoms with van der Waals surface area (Å²) < 4.78 is 1.24. The predicted molar refractivity (Wildman–Crippen MR) is 85.1 cm³/mol. The van der Waals surface area contributed by atoms with Crippen molar-refractivity contribution in [3.8, 4) is 23.0 Å². The highest BCUT2D eigenvalue weighted by Crippen LogP contribution is 2.27. The minimum absolute atomic E-state index is 0.0110. The molecule has 9 heteroatoms. The van der Waals surface area contributed by atoms with Crippen LogP contribution >= 0.6 is 0 Å². The topological polar surface area (TPSA) is 135 Å². The van der Waals surface area contributed by atoms with E-state index in [-0.39, 0.29) is 22.6 Å². The number of benzene rings is 1. The molecule has 25 heavy (non-hydrogen) atoms. The molecule has 3 rings (SSSR count). The van der Waals surface area contributed by atoms with Gasteiger partial charge in [-0.2, -0.15) is 10.4 Å². The Balaban J connectivity index is 2.06. The van der Waals surface area contributed by atoms with E-state index in [1.54, 1.807) is 6.07 Å². The summed E-state index contributed by atoms with van der Waals surface area (Å²) in [5.41, 5.74) is 1.04. The number of carboxylic acids is 1. The van der Waals surface area contributed by atoms with Crippen LogP contribution in [-0.4, -0.2) is 30.8 Å². The Bertz CT molecular complexity index is 1030. The van der Waals surface area contributed by atoms with Crippen LogP contribution in [0.25, 0.3) is 16.9 Å². The summed E-state index contributed by atoms with van der Waals surface area (Å²) in [6.07, 6.45) is 3.85. The molecule has 0 aliphatic heterocycles. The van der Waals surface area contributed by atoms with Crippen LogP contribution in [-0.2, 0) is 0 Å². The zero-order valence-corrected chi connectivity index (χ0v) is 12.5. The van der Waals surface area contributed by atoms with E-state index in [9.17, 15) is 20.2 Å². The van der Waals surface area contributed by atoms with Gasteiger partial charge < -0.3 is 5.11 Å². The standard InChI is InChI=1S/C16H9N5O4/c17-6-11-5-15(20-9-12(7-19-20)16(22)23)18-8-14(11)10-2-1-3-13(4-10)21(24)25/h1-5,7-9H,(H,22,23). The van der Waals surface area contributed by atoms with Crippen molar-refractivity contribution in [3.63, 3.8) is 0 Å². The maximum atomic E-state index is 10.9. The number of non-ortho nitro benzene ring substituents is 1. The third-order valence-corrected chi connectivity index (χ3v) is 3.44. The second-order valence-electron chi connectivity index (χ2n) is 4.99. The zero-order chi connectivity index (χ0) is 18.0. The number of pyridine rings is 1. The van der Waals surface area contributed by atoms with E-state index in [4.69, 9.17) is 5.11 Å². The Hall–Kier alpha value is -4.06. The van der Waals surface area contributed by atoms with Crippen LogP contribution in [0.15, 0.2) is 48.9 Å². The van der Waals surface area contributed by atoms with Crippen molar-refractivity contribution in [1.82, 2.24) is 14.8 Å². The van der Waals surface area contributed by atoms with Crippen LogP contribution in [0.3, 0.4) is 0 Å². The van der Waals surface area contributed by atoms with E-state index in [2.05, 4.69) is 10.1 Å². The molecule has 0 saturated heterocycles. The smallest absolute Gasteiger partial charge is 0.338 e. The van der Waals surface area contributed by atoms with Crippen LogP contribution in [0, 0.1) is 21.4 Å². The molecule has 2 aromatic heterocycles. The molecule has 0 atom stereocenters. The number of aromatic nitrogens is 3. The number of hydrogen-bond acceptors (Lipinski definition) is 6. The summed E-state index contributed by atoms with van der Waals surface area (Å²) in [6.45, 7) is 0. The molecule has 0 saturated carbocycles. The highest BCUT2D eigenvalue weighted by molar-refractivity contribution is 5.87. The molecule has 3 aromatic rings. The number of rotatable bonds is 4. The van der Waals surface area contributed by atoms with Gasteiger partial charge in [-0.25, -0.2) is 14.5 Å². The Labute approximate surface area is 140 Å². The number of nitro groups is 1. The van der Waals surface area contributed by atoms with Gasteiger partial charge in [0.15, 0.2) is 5.82 Å². The molecule has 0 aliphatic rings. The number of carbonyl (C=O) groups is 1. The molecule has 1 N–H and O–H groups in total. The summed E-state index contributed by atoms with van der Waals surface area (Å²) in [4.78, 5) is 25.5. The second kappa shape index (κ2) is 6.21. The van der Waals surface area contributed by atoms with Crippen molar-refractivity contribution in [1.29, 1.82) is 5.26 Å². The van der Waals surface area contributed by atoms with Gasteiger partial charge >= 0.3 is 5.97 Å². The van der Waals surface area contributed by atoms with E-state index < -0.39 is 10.9 Å². The average Bonchev–Trinajstić information content (AvgIpc) is 3.11. The minimum Gasteiger partial charge on any atom is -0.478 e. The predicted octanol–water partition coefficient (Wildman–Crippen LogP) is 2.41. The number of aromatic carboxylic acids is 1. The first-order valence-electron chi connectivity index (χ1n) is 6.93. The summed E-state index contributed by atoms with van der Waals surface area (Å²) >= 11 is 0. The van der Waals surface area contributed by atoms with Crippen LogP contribution in [0.5, 0.6) is 0 Å². The second-order valence-corrected chi connectivity index (χ2v) is 4.99. The normalized spacial score (nSPS) is 10.2. The van der Waals surface area contributed by atoms with Crippen LogP contribution < -0.4 is 0 Å². The molecule has 122 valence electrons.